The van der Waals surface area contributed by atoms with E-state index in [-0.39, 0.29) is 43.1 Å². The third kappa shape index (κ3) is 7.20. The first kappa shape index (κ1) is 24.5. The Kier molecular flexibility index (Phi) is 13.0. The SMILES string of the molecule is CN1CCN(CCCNC(=O)C2(N)CCCC2)CC1.Cl.Cl.Cl. The number of nitrogens with one attached hydrogen (secondary N) is 1. The lowest BCUT2D eigenvalue weighted by Gasteiger charge is -2.32. The number of carbonyl (C=O) groups excluding carboxylic acids is 1. The lowest BCUT2D eigenvalue weighted by molar-refractivity contribution is -0.126. The molecule has 1 saturated carbocycles. The summed E-state index contributed by atoms with van der Waals surface area (Å²) in [4.78, 5) is 16.8. The molecule has 1 heterocycles. The maximum Gasteiger partial charge on any atom is 0.240 e. The molecule has 0 atom stereocenters. The van der Waals surface area contributed by atoms with Gasteiger partial charge in [-0.1, -0.05) is 12.8 Å². The second kappa shape index (κ2) is 11.7. The largest absolute Gasteiger partial charge is 0.354 e. The molecular weight excluding hydrogens is 347 g/mol. The second-order valence-corrected chi connectivity index (χ2v) is 6.12. The van der Waals surface area contributed by atoms with Crippen LogP contribution < -0.4 is 11.1 Å². The molecule has 2 aliphatic rings. The molecule has 5 nitrogen and oxygen atoms in total. The fourth-order valence-corrected chi connectivity index (χ4v) is 2.99. The molecule has 134 valence electrons. The lowest BCUT2D eigenvalue weighted by atomic mass is 9.98. The number of carbonyl (C=O) groups is 1. The Hall–Kier alpha value is 0.220. The molecule has 0 aromatic rings. The zero-order valence-electron chi connectivity index (χ0n) is 13.4. The average Bonchev–Trinajstić information content (AvgIpc) is 2.85. The van der Waals surface area contributed by atoms with Gasteiger partial charge in [0.2, 0.25) is 5.91 Å². The Bertz CT molecular complexity index is 306. The molecule has 0 unspecified atom stereocenters. The van der Waals surface area contributed by atoms with E-state index in [4.69, 9.17) is 5.73 Å². The van der Waals surface area contributed by atoms with Crippen LogP contribution in [0.15, 0.2) is 0 Å². The van der Waals surface area contributed by atoms with Crippen LogP contribution in [0.5, 0.6) is 0 Å². The van der Waals surface area contributed by atoms with Gasteiger partial charge < -0.3 is 20.9 Å². The highest BCUT2D eigenvalue weighted by atomic mass is 35.5. The summed E-state index contributed by atoms with van der Waals surface area (Å²) in [6.45, 7) is 6.42. The van der Waals surface area contributed by atoms with Crippen LogP contribution in [0, 0.1) is 0 Å². The van der Waals surface area contributed by atoms with Crippen molar-refractivity contribution >= 4 is 43.1 Å². The van der Waals surface area contributed by atoms with Crippen molar-refractivity contribution in [3.05, 3.63) is 0 Å². The zero-order chi connectivity index (χ0) is 13.7. The van der Waals surface area contributed by atoms with Gasteiger partial charge in [0, 0.05) is 32.7 Å². The molecule has 0 aromatic carbocycles. The van der Waals surface area contributed by atoms with Gasteiger partial charge in [0.15, 0.2) is 0 Å². The van der Waals surface area contributed by atoms with Gasteiger partial charge in [-0.3, -0.25) is 4.79 Å². The summed E-state index contributed by atoms with van der Waals surface area (Å²) in [5, 5.41) is 3.01. The first-order chi connectivity index (χ1) is 9.10. The van der Waals surface area contributed by atoms with Crippen molar-refractivity contribution in [3.8, 4) is 0 Å². The summed E-state index contributed by atoms with van der Waals surface area (Å²) < 4.78 is 0. The lowest BCUT2D eigenvalue weighted by Crippen LogP contribution is -2.52. The Morgan fingerprint density at radius 1 is 1.09 bits per heavy atom. The number of likely N-dealkylation sites (N-methyl/N-ethyl adjacent to an activating group) is 1. The normalized spacial score (nSPS) is 21.2. The van der Waals surface area contributed by atoms with Crippen LogP contribution in [-0.2, 0) is 4.79 Å². The predicted molar refractivity (Wildman–Crippen MR) is 98.7 cm³/mol. The van der Waals surface area contributed by atoms with Gasteiger partial charge in [-0.2, -0.15) is 0 Å². The average molecular weight is 378 g/mol. The molecule has 0 bridgehead atoms. The van der Waals surface area contributed by atoms with Gasteiger partial charge in [0.25, 0.3) is 0 Å². The van der Waals surface area contributed by atoms with Gasteiger partial charge in [0.1, 0.15) is 0 Å². The number of piperazine rings is 1. The van der Waals surface area contributed by atoms with Gasteiger partial charge in [-0.25, -0.2) is 0 Å². The van der Waals surface area contributed by atoms with Crippen LogP contribution in [0.25, 0.3) is 0 Å². The highest BCUT2D eigenvalue weighted by Crippen LogP contribution is 2.27. The summed E-state index contributed by atoms with van der Waals surface area (Å²) in [5.41, 5.74) is 5.54. The summed E-state index contributed by atoms with van der Waals surface area (Å²) in [6.07, 6.45) is 4.89. The molecule has 8 heteroatoms. The predicted octanol–water partition coefficient (Wildman–Crippen LogP) is 1.28. The number of nitrogens with zero attached hydrogens (tertiary/aromatic N) is 2. The molecular formula is C14H31Cl3N4O. The maximum absolute atomic E-state index is 12.0. The molecule has 1 saturated heterocycles. The number of amides is 1. The number of hydrogen-bond acceptors (Lipinski definition) is 4. The fourth-order valence-electron chi connectivity index (χ4n) is 2.99. The molecule has 1 aliphatic heterocycles. The van der Waals surface area contributed by atoms with Crippen LogP contribution >= 0.6 is 37.2 Å². The molecule has 0 aromatic heterocycles. The van der Waals surface area contributed by atoms with E-state index in [2.05, 4.69) is 22.2 Å². The Balaban J connectivity index is 0. The highest BCUT2D eigenvalue weighted by molar-refractivity contribution is 5.86. The first-order valence-electron chi connectivity index (χ1n) is 7.58. The second-order valence-electron chi connectivity index (χ2n) is 6.12. The Labute approximate surface area is 153 Å². The molecule has 0 spiro atoms. The van der Waals surface area contributed by atoms with Gasteiger partial charge >= 0.3 is 0 Å². The van der Waals surface area contributed by atoms with E-state index in [1.807, 2.05) is 0 Å². The van der Waals surface area contributed by atoms with Crippen LogP contribution in [0.2, 0.25) is 0 Å². The maximum atomic E-state index is 12.0. The quantitative estimate of drug-likeness (QED) is 0.709. The van der Waals surface area contributed by atoms with Crippen LogP contribution in [0.1, 0.15) is 32.1 Å². The van der Waals surface area contributed by atoms with E-state index >= 15 is 0 Å². The van der Waals surface area contributed by atoms with Crippen molar-refractivity contribution in [3.63, 3.8) is 0 Å². The van der Waals surface area contributed by atoms with Crippen molar-refractivity contribution in [1.82, 2.24) is 15.1 Å². The van der Waals surface area contributed by atoms with Crippen molar-refractivity contribution in [2.45, 2.75) is 37.6 Å². The number of hydrogen-bond donors (Lipinski definition) is 2. The molecule has 22 heavy (non-hydrogen) atoms. The topological polar surface area (TPSA) is 61.6 Å². The van der Waals surface area contributed by atoms with Gasteiger partial charge in [-0.15, -0.1) is 37.2 Å². The monoisotopic (exact) mass is 376 g/mol. The number of nitrogens with two attached hydrogens (primary N) is 1. The minimum absolute atomic E-state index is 0. The Morgan fingerprint density at radius 2 is 1.64 bits per heavy atom. The molecule has 2 fully saturated rings. The van der Waals surface area contributed by atoms with E-state index < -0.39 is 5.54 Å². The van der Waals surface area contributed by atoms with Crippen LogP contribution in [0.3, 0.4) is 0 Å². The van der Waals surface area contributed by atoms with Crippen molar-refractivity contribution in [2.24, 2.45) is 5.73 Å². The zero-order valence-corrected chi connectivity index (χ0v) is 15.8. The summed E-state index contributed by atoms with van der Waals surface area (Å²) >= 11 is 0. The van der Waals surface area contributed by atoms with E-state index in [0.717, 1.165) is 71.4 Å². The van der Waals surface area contributed by atoms with Crippen LogP contribution in [0.4, 0.5) is 0 Å². The minimum atomic E-state index is -0.576. The minimum Gasteiger partial charge on any atom is -0.354 e. The number of halogens is 3. The third-order valence-corrected chi connectivity index (χ3v) is 4.48. The molecule has 2 rings (SSSR count). The van der Waals surface area contributed by atoms with Crippen LogP contribution in [-0.4, -0.2) is 67.6 Å². The summed E-state index contributed by atoms with van der Waals surface area (Å²) in [7, 11) is 2.17. The fraction of sp³-hybridized carbons (Fsp3) is 0.929. The Morgan fingerprint density at radius 3 is 2.18 bits per heavy atom. The van der Waals surface area contributed by atoms with E-state index in [1.54, 1.807) is 0 Å². The smallest absolute Gasteiger partial charge is 0.240 e. The van der Waals surface area contributed by atoms with Gasteiger partial charge in [0.05, 0.1) is 5.54 Å². The van der Waals surface area contributed by atoms with E-state index in [9.17, 15) is 4.79 Å². The standard InChI is InChI=1S/C14H28N4O.3ClH/c1-17-9-11-18(12-10-17)8-4-7-16-13(19)14(15)5-2-3-6-14;;;/h2-12,15H2,1H3,(H,16,19);3*1H. The van der Waals surface area contributed by atoms with Crippen molar-refractivity contribution < 1.29 is 4.79 Å². The molecule has 0 radical (unpaired) electrons. The highest BCUT2D eigenvalue weighted by Gasteiger charge is 2.36. The molecule has 3 N–H and O–H groups in total. The summed E-state index contributed by atoms with van der Waals surface area (Å²) in [6, 6.07) is 0. The van der Waals surface area contributed by atoms with Crippen molar-refractivity contribution in [1.29, 1.82) is 0 Å². The van der Waals surface area contributed by atoms with E-state index in [1.165, 1.54) is 0 Å². The molecule has 1 amide bonds. The third-order valence-electron chi connectivity index (χ3n) is 4.48. The molecule has 1 aliphatic carbocycles. The van der Waals surface area contributed by atoms with Gasteiger partial charge in [-0.05, 0) is 32.9 Å². The van der Waals surface area contributed by atoms with Crippen molar-refractivity contribution in [2.75, 3.05) is 46.3 Å². The van der Waals surface area contributed by atoms with E-state index in [0.29, 0.717) is 0 Å². The number of rotatable bonds is 5. The summed E-state index contributed by atoms with van der Waals surface area (Å²) in [5.74, 6) is 0.0587. The first-order valence-corrected chi connectivity index (χ1v) is 7.58.